The van der Waals surface area contributed by atoms with E-state index in [1.807, 2.05) is 0 Å². The van der Waals surface area contributed by atoms with Crippen molar-refractivity contribution in [3.63, 3.8) is 0 Å². The van der Waals surface area contributed by atoms with Gasteiger partial charge in [-0.2, -0.15) is 0 Å². The lowest BCUT2D eigenvalue weighted by molar-refractivity contribution is -0.120. The fourth-order valence-electron chi connectivity index (χ4n) is 4.11. The zero-order valence-electron chi connectivity index (χ0n) is 16.5. The van der Waals surface area contributed by atoms with Crippen LogP contribution in [0.3, 0.4) is 0 Å². The molecule has 0 heterocycles. The maximum absolute atomic E-state index is 15.6. The molecule has 1 fully saturated rings. The van der Waals surface area contributed by atoms with Crippen molar-refractivity contribution in [3.05, 3.63) is 99.8 Å². The maximum Gasteiger partial charge on any atom is 0.261 e. The van der Waals surface area contributed by atoms with Crippen molar-refractivity contribution < 1.29 is 22.8 Å². The molecule has 4 rings (SSSR count). The molecular formula is C23H14Cl3F3N2O2. The highest BCUT2D eigenvalue weighted by Gasteiger charge is 2.81. The number of hydrogen-bond acceptors (Lipinski definition) is 2. The molecule has 4 nitrogen and oxygen atoms in total. The van der Waals surface area contributed by atoms with Gasteiger partial charge in [-0.15, -0.1) is 0 Å². The molecule has 2 amide bonds. The van der Waals surface area contributed by atoms with Crippen LogP contribution in [0, 0.1) is 17.5 Å². The Morgan fingerprint density at radius 2 is 1.58 bits per heavy atom. The molecule has 2 unspecified atom stereocenters. The van der Waals surface area contributed by atoms with Crippen LogP contribution in [0.25, 0.3) is 0 Å². The summed E-state index contributed by atoms with van der Waals surface area (Å²) in [5, 5.41) is 2.11. The molecule has 170 valence electrons. The summed E-state index contributed by atoms with van der Waals surface area (Å²) < 4.78 is 41.9. The number of anilines is 1. The van der Waals surface area contributed by atoms with Gasteiger partial charge in [0.15, 0.2) is 0 Å². The monoisotopic (exact) mass is 512 g/mol. The Kier molecular flexibility index (Phi) is 5.85. The van der Waals surface area contributed by atoms with Gasteiger partial charge in [0, 0.05) is 17.2 Å². The topological polar surface area (TPSA) is 72.2 Å². The zero-order valence-corrected chi connectivity index (χ0v) is 18.8. The number of amides is 2. The first-order valence-electron chi connectivity index (χ1n) is 9.51. The summed E-state index contributed by atoms with van der Waals surface area (Å²) in [6, 6.07) is 13.3. The van der Waals surface area contributed by atoms with Crippen LogP contribution in [-0.4, -0.2) is 16.1 Å². The molecule has 0 saturated heterocycles. The molecular weight excluding hydrogens is 500 g/mol. The predicted octanol–water partition coefficient (Wildman–Crippen LogP) is 5.70. The van der Waals surface area contributed by atoms with Gasteiger partial charge in [0.25, 0.3) is 5.91 Å². The number of hydrogen-bond donors (Lipinski definition) is 2. The lowest BCUT2D eigenvalue weighted by atomic mass is 9.88. The molecule has 3 N–H and O–H groups in total. The summed E-state index contributed by atoms with van der Waals surface area (Å²) in [7, 11) is 0. The number of rotatable bonds is 5. The molecule has 0 radical (unpaired) electrons. The van der Waals surface area contributed by atoms with Crippen molar-refractivity contribution in [1.82, 2.24) is 0 Å². The lowest BCUT2D eigenvalue weighted by Crippen LogP contribution is -2.35. The van der Waals surface area contributed by atoms with E-state index in [0.717, 1.165) is 18.2 Å². The number of primary amides is 1. The van der Waals surface area contributed by atoms with Crippen molar-refractivity contribution in [2.75, 3.05) is 5.32 Å². The molecule has 3 aromatic carbocycles. The Bertz CT molecular complexity index is 1290. The van der Waals surface area contributed by atoms with Gasteiger partial charge in [-0.1, -0.05) is 65.1 Å². The number of halogens is 6. The molecule has 0 aliphatic heterocycles. The minimum Gasteiger partial charge on any atom is -0.369 e. The minimum atomic E-state index is -2.07. The van der Waals surface area contributed by atoms with Crippen LogP contribution in [0.15, 0.2) is 60.7 Å². The highest BCUT2D eigenvalue weighted by molar-refractivity contribution is 6.55. The number of carbonyl (C=O) groups excluding carboxylic acids is 2. The molecule has 33 heavy (non-hydrogen) atoms. The second-order valence-electron chi connectivity index (χ2n) is 7.51. The van der Waals surface area contributed by atoms with Crippen LogP contribution in [0.5, 0.6) is 0 Å². The van der Waals surface area contributed by atoms with Gasteiger partial charge < -0.3 is 11.1 Å². The van der Waals surface area contributed by atoms with Gasteiger partial charge in [0.1, 0.15) is 32.8 Å². The molecule has 1 saturated carbocycles. The third kappa shape index (κ3) is 3.55. The van der Waals surface area contributed by atoms with Crippen molar-refractivity contribution >= 4 is 52.3 Å². The van der Waals surface area contributed by atoms with Gasteiger partial charge >= 0.3 is 0 Å². The highest BCUT2D eigenvalue weighted by atomic mass is 35.5. The fraction of sp³-hybridized carbons (Fsp3) is 0.130. The van der Waals surface area contributed by atoms with E-state index in [9.17, 15) is 18.4 Å². The van der Waals surface area contributed by atoms with E-state index in [4.69, 9.17) is 40.5 Å². The van der Waals surface area contributed by atoms with Gasteiger partial charge in [-0.3, -0.25) is 9.59 Å². The summed E-state index contributed by atoms with van der Waals surface area (Å²) in [6.07, 6.45) is 0. The van der Waals surface area contributed by atoms with E-state index < -0.39 is 56.1 Å². The first-order valence-corrected chi connectivity index (χ1v) is 10.6. The molecule has 2 atom stereocenters. The Hall–Kier alpha value is -2.74. The number of carbonyl (C=O) groups is 2. The molecule has 0 aromatic heterocycles. The standard InChI is InChI=1S/C23H14Cl3F3N2O2/c24-14-10-11(6-8-15(14)27)19-22(21(30)33,23(19,25)26)13-7-9-16(28)17(18(13)29)20(32)31-12-4-2-1-3-5-12/h1-10,19H,(H2,30,33)(H,31,32). The van der Waals surface area contributed by atoms with Crippen molar-refractivity contribution in [1.29, 1.82) is 0 Å². The van der Waals surface area contributed by atoms with Gasteiger partial charge in [-0.25, -0.2) is 13.2 Å². The summed E-state index contributed by atoms with van der Waals surface area (Å²) in [6.45, 7) is 0. The SMILES string of the molecule is NC(=O)C1(c2ccc(F)c(C(=O)Nc3ccccc3)c2F)C(c2ccc(F)c(Cl)c2)C1(Cl)Cl. The summed E-state index contributed by atoms with van der Waals surface area (Å²) >= 11 is 18.7. The van der Waals surface area contributed by atoms with Crippen LogP contribution < -0.4 is 11.1 Å². The maximum atomic E-state index is 15.6. The van der Waals surface area contributed by atoms with Crippen LogP contribution in [-0.2, 0) is 10.2 Å². The van der Waals surface area contributed by atoms with Gasteiger partial charge in [0.2, 0.25) is 5.91 Å². The van der Waals surface area contributed by atoms with Crippen molar-refractivity contribution in [3.8, 4) is 0 Å². The molecule has 1 aliphatic carbocycles. The largest absolute Gasteiger partial charge is 0.369 e. The third-order valence-electron chi connectivity index (χ3n) is 5.68. The highest BCUT2D eigenvalue weighted by Crippen LogP contribution is 2.74. The minimum absolute atomic E-state index is 0.212. The smallest absolute Gasteiger partial charge is 0.261 e. The van der Waals surface area contributed by atoms with Crippen LogP contribution >= 0.6 is 34.8 Å². The van der Waals surface area contributed by atoms with E-state index in [1.165, 1.54) is 24.3 Å². The quantitative estimate of drug-likeness (QED) is 0.429. The van der Waals surface area contributed by atoms with Crippen LogP contribution in [0.2, 0.25) is 5.02 Å². The molecule has 1 aliphatic rings. The number of para-hydroxylation sites is 1. The van der Waals surface area contributed by atoms with Crippen LogP contribution in [0.1, 0.15) is 27.4 Å². The van der Waals surface area contributed by atoms with Gasteiger partial charge in [0.05, 0.1) is 5.02 Å². The zero-order chi connectivity index (χ0) is 24.1. The number of nitrogens with one attached hydrogen (secondary N) is 1. The second-order valence-corrected chi connectivity index (χ2v) is 9.30. The van der Waals surface area contributed by atoms with E-state index >= 15 is 4.39 Å². The lowest BCUT2D eigenvalue weighted by Gasteiger charge is -2.18. The second kappa shape index (κ2) is 8.24. The van der Waals surface area contributed by atoms with Gasteiger partial charge in [-0.05, 0) is 35.9 Å². The molecule has 0 spiro atoms. The van der Waals surface area contributed by atoms with E-state index in [2.05, 4.69) is 5.32 Å². The summed E-state index contributed by atoms with van der Waals surface area (Å²) in [5.74, 6) is -6.58. The predicted molar refractivity (Wildman–Crippen MR) is 120 cm³/mol. The Labute approximate surface area is 201 Å². The Morgan fingerprint density at radius 3 is 2.18 bits per heavy atom. The van der Waals surface area contributed by atoms with Crippen molar-refractivity contribution in [2.24, 2.45) is 5.73 Å². The van der Waals surface area contributed by atoms with Crippen molar-refractivity contribution in [2.45, 2.75) is 15.7 Å². The summed E-state index contributed by atoms with van der Waals surface area (Å²) in [5.41, 5.74) is 2.65. The van der Waals surface area contributed by atoms with Crippen LogP contribution in [0.4, 0.5) is 18.9 Å². The van der Waals surface area contributed by atoms with E-state index in [0.29, 0.717) is 5.69 Å². The molecule has 3 aromatic rings. The first-order chi connectivity index (χ1) is 15.5. The normalized spacial score (nSPS) is 20.8. The Morgan fingerprint density at radius 1 is 0.939 bits per heavy atom. The Balaban J connectivity index is 1.84. The average molecular weight is 514 g/mol. The first kappa shape index (κ1) is 23.4. The van der Waals surface area contributed by atoms with E-state index in [1.54, 1.807) is 18.2 Å². The fourth-order valence-corrected chi connectivity index (χ4v) is 5.38. The number of alkyl halides is 2. The molecule has 10 heteroatoms. The summed E-state index contributed by atoms with van der Waals surface area (Å²) in [4.78, 5) is 25.3. The average Bonchev–Trinajstić information content (AvgIpc) is 3.28. The molecule has 0 bridgehead atoms. The number of benzene rings is 3. The van der Waals surface area contributed by atoms with E-state index in [-0.39, 0.29) is 10.6 Å². The number of nitrogens with two attached hydrogens (primary N) is 1. The third-order valence-corrected chi connectivity index (χ3v) is 7.00.